The SMILES string of the molecule is CC(C)c1ncc(C(F)(F)F)cc1NC(=O)Nc1cnc(Oc2ccc(-c3cnc(N4CCCCC4=O)s3)cc2)nc1. The maximum absolute atomic E-state index is 13.1. The van der Waals surface area contributed by atoms with Crippen molar-refractivity contribution < 1.29 is 27.5 Å². The second-order valence-corrected chi connectivity index (χ2v) is 10.8. The van der Waals surface area contributed by atoms with Gasteiger partial charge in [-0.25, -0.2) is 19.7 Å². The minimum Gasteiger partial charge on any atom is -0.424 e. The number of nitrogens with one attached hydrogen (secondary N) is 2. The molecule has 2 N–H and O–H groups in total. The first kappa shape index (κ1) is 28.9. The van der Waals surface area contributed by atoms with E-state index < -0.39 is 17.8 Å². The van der Waals surface area contributed by atoms with Crippen LogP contribution in [0.2, 0.25) is 0 Å². The van der Waals surface area contributed by atoms with E-state index in [0.717, 1.165) is 35.5 Å². The van der Waals surface area contributed by atoms with Gasteiger partial charge in [0.15, 0.2) is 5.13 Å². The van der Waals surface area contributed by atoms with Crippen LogP contribution >= 0.6 is 11.3 Å². The summed E-state index contributed by atoms with van der Waals surface area (Å²) < 4.78 is 45.1. The van der Waals surface area contributed by atoms with E-state index in [-0.39, 0.29) is 29.2 Å². The van der Waals surface area contributed by atoms with E-state index in [1.165, 1.54) is 23.7 Å². The Hall–Kier alpha value is -4.59. The van der Waals surface area contributed by atoms with Crippen molar-refractivity contribution in [3.05, 3.63) is 66.4 Å². The molecule has 5 rings (SSSR count). The van der Waals surface area contributed by atoms with Crippen LogP contribution in [0.25, 0.3) is 10.4 Å². The van der Waals surface area contributed by atoms with Crippen LogP contribution in [0, 0.1) is 0 Å². The zero-order chi connectivity index (χ0) is 29.9. The zero-order valence-corrected chi connectivity index (χ0v) is 23.4. The Morgan fingerprint density at radius 2 is 1.74 bits per heavy atom. The molecular weight excluding hydrogens is 571 g/mol. The third kappa shape index (κ3) is 6.82. The van der Waals surface area contributed by atoms with E-state index in [1.54, 1.807) is 37.1 Å². The highest BCUT2D eigenvalue weighted by Gasteiger charge is 2.32. The first-order chi connectivity index (χ1) is 20.1. The van der Waals surface area contributed by atoms with Crippen LogP contribution in [-0.4, -0.2) is 38.4 Å². The molecule has 3 amide bonds. The highest BCUT2D eigenvalue weighted by atomic mass is 32.1. The number of amides is 3. The molecule has 3 aromatic heterocycles. The highest BCUT2D eigenvalue weighted by molar-refractivity contribution is 7.19. The minimum absolute atomic E-state index is 0.0292. The number of benzene rings is 1. The summed E-state index contributed by atoms with van der Waals surface area (Å²) in [5.74, 6) is 0.355. The summed E-state index contributed by atoms with van der Waals surface area (Å²) in [6.07, 6.45) is 2.94. The summed E-state index contributed by atoms with van der Waals surface area (Å²) >= 11 is 1.45. The molecule has 1 aliphatic heterocycles. The summed E-state index contributed by atoms with van der Waals surface area (Å²) in [6, 6.07) is 7.32. The summed E-state index contributed by atoms with van der Waals surface area (Å²) in [4.78, 5) is 43.8. The van der Waals surface area contributed by atoms with Crippen LogP contribution in [0.5, 0.6) is 11.8 Å². The lowest BCUT2D eigenvalue weighted by Crippen LogP contribution is -2.34. The largest absolute Gasteiger partial charge is 0.424 e. The van der Waals surface area contributed by atoms with Gasteiger partial charge >= 0.3 is 18.2 Å². The molecule has 0 saturated carbocycles. The number of piperidine rings is 1. The molecule has 0 bridgehead atoms. The average Bonchev–Trinajstić information content (AvgIpc) is 3.44. The number of anilines is 3. The molecule has 0 radical (unpaired) electrons. The molecule has 0 aliphatic carbocycles. The monoisotopic (exact) mass is 597 g/mol. The van der Waals surface area contributed by atoms with Crippen molar-refractivity contribution in [3.63, 3.8) is 0 Å². The van der Waals surface area contributed by atoms with Crippen LogP contribution in [0.15, 0.2) is 55.1 Å². The Morgan fingerprint density at radius 1 is 1.00 bits per heavy atom. The summed E-state index contributed by atoms with van der Waals surface area (Å²) in [7, 11) is 0. The number of carbonyl (C=O) groups excluding carboxylic acids is 2. The molecule has 42 heavy (non-hydrogen) atoms. The molecule has 1 saturated heterocycles. The Labute approximate surface area is 243 Å². The van der Waals surface area contributed by atoms with Crippen molar-refractivity contribution in [1.82, 2.24) is 19.9 Å². The van der Waals surface area contributed by atoms with Gasteiger partial charge in [0.1, 0.15) is 5.75 Å². The molecule has 0 atom stereocenters. The van der Waals surface area contributed by atoms with Crippen LogP contribution in [0.1, 0.15) is 50.3 Å². The van der Waals surface area contributed by atoms with Crippen LogP contribution in [0.4, 0.5) is 34.5 Å². The van der Waals surface area contributed by atoms with Gasteiger partial charge in [0.05, 0.1) is 39.9 Å². The predicted octanol–water partition coefficient (Wildman–Crippen LogP) is 7.09. The second kappa shape index (κ2) is 12.1. The fourth-order valence-corrected chi connectivity index (χ4v) is 5.20. The molecular formula is C28H26F3N7O3S. The van der Waals surface area contributed by atoms with Crippen molar-refractivity contribution >= 4 is 39.8 Å². The number of hydrogen-bond acceptors (Lipinski definition) is 8. The van der Waals surface area contributed by atoms with Crippen LogP contribution < -0.4 is 20.3 Å². The Bertz CT molecular complexity index is 1580. The van der Waals surface area contributed by atoms with Gasteiger partial charge in [0.25, 0.3) is 0 Å². The normalized spacial score (nSPS) is 13.8. The fraction of sp³-hybridized carbons (Fsp3) is 0.286. The second-order valence-electron chi connectivity index (χ2n) is 9.78. The standard InChI is InChI=1S/C28H26F3N7O3S/c1-16(2)24-21(11-18(12-32-24)28(29,30)31)37-25(40)36-19-13-33-26(34-14-19)41-20-8-6-17(7-9-20)22-15-35-27(42-22)38-10-4-3-5-23(38)39/h6-9,11-16H,3-5,10H2,1-2H3,(H2,36,37,40). The molecule has 0 unspecified atom stereocenters. The molecule has 0 spiro atoms. The zero-order valence-electron chi connectivity index (χ0n) is 22.6. The number of urea groups is 1. The van der Waals surface area contributed by atoms with E-state index in [9.17, 15) is 22.8 Å². The Kier molecular flexibility index (Phi) is 8.34. The molecule has 4 aromatic rings. The number of aromatic nitrogens is 4. The number of ether oxygens (including phenoxy) is 1. The van der Waals surface area contributed by atoms with Crippen LogP contribution in [0.3, 0.4) is 0 Å². The van der Waals surface area contributed by atoms with Gasteiger partial charge in [0, 0.05) is 25.4 Å². The highest BCUT2D eigenvalue weighted by Crippen LogP contribution is 2.35. The average molecular weight is 598 g/mol. The van der Waals surface area contributed by atoms with Gasteiger partial charge in [0.2, 0.25) is 5.91 Å². The van der Waals surface area contributed by atoms with E-state index in [1.807, 2.05) is 12.1 Å². The van der Waals surface area contributed by atoms with Crippen molar-refractivity contribution in [2.45, 2.75) is 45.2 Å². The third-order valence-corrected chi connectivity index (χ3v) is 7.39. The molecule has 10 nitrogen and oxygen atoms in total. The molecule has 1 fully saturated rings. The number of nitrogens with zero attached hydrogens (tertiary/aromatic N) is 5. The lowest BCUT2D eigenvalue weighted by Gasteiger charge is -2.23. The maximum Gasteiger partial charge on any atom is 0.417 e. The lowest BCUT2D eigenvalue weighted by atomic mass is 10.1. The van der Waals surface area contributed by atoms with E-state index in [0.29, 0.717) is 29.5 Å². The quantitative estimate of drug-likeness (QED) is 0.233. The lowest BCUT2D eigenvalue weighted by molar-refractivity contribution is -0.137. The van der Waals surface area contributed by atoms with Gasteiger partial charge < -0.3 is 15.4 Å². The topological polar surface area (TPSA) is 122 Å². The first-order valence-corrected chi connectivity index (χ1v) is 13.9. The van der Waals surface area contributed by atoms with E-state index in [4.69, 9.17) is 4.74 Å². The maximum atomic E-state index is 13.1. The number of thiazole rings is 1. The van der Waals surface area contributed by atoms with Gasteiger partial charge in [-0.2, -0.15) is 13.2 Å². The Balaban J connectivity index is 1.19. The van der Waals surface area contributed by atoms with Crippen LogP contribution in [-0.2, 0) is 11.0 Å². The smallest absolute Gasteiger partial charge is 0.417 e. The van der Waals surface area contributed by atoms with Crippen molar-refractivity contribution in [2.24, 2.45) is 0 Å². The summed E-state index contributed by atoms with van der Waals surface area (Å²) in [5, 5.41) is 5.61. The third-order valence-electron chi connectivity index (χ3n) is 6.32. The number of halogens is 3. The van der Waals surface area contributed by atoms with Gasteiger partial charge in [-0.05, 0) is 54.7 Å². The predicted molar refractivity (Wildman–Crippen MR) is 152 cm³/mol. The van der Waals surface area contributed by atoms with E-state index >= 15 is 0 Å². The minimum atomic E-state index is -4.60. The van der Waals surface area contributed by atoms with Crippen molar-refractivity contribution in [1.29, 1.82) is 0 Å². The molecule has 1 aromatic carbocycles. The van der Waals surface area contributed by atoms with Crippen molar-refractivity contribution in [3.8, 4) is 22.2 Å². The molecule has 218 valence electrons. The van der Waals surface area contributed by atoms with Gasteiger partial charge in [-0.1, -0.05) is 25.2 Å². The number of pyridine rings is 1. The summed E-state index contributed by atoms with van der Waals surface area (Å²) in [6.45, 7) is 4.20. The number of alkyl halides is 3. The number of rotatable bonds is 7. The number of carbonyl (C=O) groups is 2. The molecule has 14 heteroatoms. The molecule has 1 aliphatic rings. The number of hydrogen-bond donors (Lipinski definition) is 2. The Morgan fingerprint density at radius 3 is 2.40 bits per heavy atom. The summed E-state index contributed by atoms with van der Waals surface area (Å²) in [5.41, 5.74) is 0.423. The van der Waals surface area contributed by atoms with E-state index in [2.05, 4.69) is 30.6 Å². The van der Waals surface area contributed by atoms with Crippen molar-refractivity contribution in [2.75, 3.05) is 22.1 Å². The molecule has 4 heterocycles. The van der Waals surface area contributed by atoms with Gasteiger partial charge in [-0.15, -0.1) is 0 Å². The first-order valence-electron chi connectivity index (χ1n) is 13.1. The fourth-order valence-electron chi connectivity index (χ4n) is 4.23. The van der Waals surface area contributed by atoms with Gasteiger partial charge in [-0.3, -0.25) is 14.7 Å².